The number of nitrogens with zero attached hydrogens (tertiary/aromatic N) is 2. The average molecular weight is 368 g/mol. The number of carbonyl (C=O) groups is 1. The molecule has 1 aromatic heterocycles. The van der Waals surface area contributed by atoms with Gasteiger partial charge in [0.2, 0.25) is 0 Å². The number of amides is 1. The predicted molar refractivity (Wildman–Crippen MR) is 103 cm³/mol. The second-order valence-electron chi connectivity index (χ2n) is 8.20. The molecule has 0 aliphatic carbocycles. The van der Waals surface area contributed by atoms with Gasteiger partial charge in [-0.3, -0.25) is 0 Å². The van der Waals surface area contributed by atoms with Crippen LogP contribution in [0.15, 0.2) is 6.20 Å². The van der Waals surface area contributed by atoms with Crippen LogP contribution < -0.4 is 5.32 Å². The number of hydrogen-bond acceptors (Lipinski definition) is 5. The van der Waals surface area contributed by atoms with Crippen molar-refractivity contribution in [2.24, 2.45) is 5.41 Å². The molecule has 1 N–H and O–H groups in total. The highest BCUT2D eigenvalue weighted by Gasteiger charge is 2.37. The molecular weight excluding hydrogens is 334 g/mol. The molecule has 1 fully saturated rings. The van der Waals surface area contributed by atoms with E-state index < -0.39 is 5.60 Å². The molecule has 0 spiro atoms. The smallest absolute Gasteiger partial charge is 0.410 e. The lowest BCUT2D eigenvalue weighted by Crippen LogP contribution is -2.51. The lowest BCUT2D eigenvalue weighted by molar-refractivity contribution is 0.00236. The van der Waals surface area contributed by atoms with Crippen molar-refractivity contribution in [2.75, 3.05) is 19.6 Å². The van der Waals surface area contributed by atoms with Gasteiger partial charge in [0.05, 0.1) is 5.01 Å². The van der Waals surface area contributed by atoms with Crippen molar-refractivity contribution in [1.82, 2.24) is 15.2 Å². The Morgan fingerprint density at radius 3 is 2.84 bits per heavy atom. The summed E-state index contributed by atoms with van der Waals surface area (Å²) in [6.07, 6.45) is 6.23. The van der Waals surface area contributed by atoms with E-state index in [-0.39, 0.29) is 11.5 Å². The Morgan fingerprint density at radius 1 is 1.48 bits per heavy atom. The maximum atomic E-state index is 12.5. The Balaban J connectivity index is 1.95. The van der Waals surface area contributed by atoms with Gasteiger partial charge in [0, 0.05) is 42.7 Å². The number of rotatable bonds is 6. The Labute approximate surface area is 156 Å². The summed E-state index contributed by atoms with van der Waals surface area (Å²) in [4.78, 5) is 20.0. The van der Waals surface area contributed by atoms with E-state index >= 15 is 0 Å². The van der Waals surface area contributed by atoms with Gasteiger partial charge in [0.15, 0.2) is 0 Å². The molecular formula is C19H33N3O2S. The summed E-state index contributed by atoms with van der Waals surface area (Å²) in [5, 5.41) is 4.72. The van der Waals surface area contributed by atoms with Crippen molar-refractivity contribution in [3.05, 3.63) is 16.1 Å². The van der Waals surface area contributed by atoms with Crippen LogP contribution in [0.2, 0.25) is 0 Å². The number of ether oxygens (including phenoxy) is 1. The fourth-order valence-electron chi connectivity index (χ4n) is 3.60. The normalized spacial score (nSPS) is 21.4. The number of carbonyl (C=O) groups excluding carboxylic acids is 1. The Kier molecular flexibility index (Phi) is 6.86. The number of likely N-dealkylation sites (tertiary alicyclic amines) is 1. The highest BCUT2D eigenvalue weighted by atomic mass is 32.1. The summed E-state index contributed by atoms with van der Waals surface area (Å²) in [6, 6.07) is 0. The van der Waals surface area contributed by atoms with Crippen LogP contribution in [0, 0.1) is 12.3 Å². The molecule has 1 aliphatic rings. The fraction of sp³-hybridized carbons (Fsp3) is 0.789. The van der Waals surface area contributed by atoms with Crippen LogP contribution in [0.5, 0.6) is 0 Å². The van der Waals surface area contributed by atoms with Crippen LogP contribution in [-0.2, 0) is 11.3 Å². The highest BCUT2D eigenvalue weighted by Crippen LogP contribution is 2.35. The molecule has 0 bridgehead atoms. The van der Waals surface area contributed by atoms with Gasteiger partial charge in [-0.05, 0) is 47.0 Å². The minimum atomic E-state index is -0.440. The Morgan fingerprint density at radius 2 is 2.24 bits per heavy atom. The van der Waals surface area contributed by atoms with Crippen molar-refractivity contribution in [2.45, 2.75) is 72.4 Å². The third-order valence-electron chi connectivity index (χ3n) is 4.56. The summed E-state index contributed by atoms with van der Waals surface area (Å²) >= 11 is 1.74. The number of nitrogens with one attached hydrogen (secondary N) is 1. The van der Waals surface area contributed by atoms with Crippen molar-refractivity contribution in [1.29, 1.82) is 0 Å². The van der Waals surface area contributed by atoms with Gasteiger partial charge in [-0.25, -0.2) is 9.78 Å². The van der Waals surface area contributed by atoms with Crippen LogP contribution >= 0.6 is 11.3 Å². The molecule has 1 aliphatic heterocycles. The van der Waals surface area contributed by atoms with Crippen LogP contribution in [-0.4, -0.2) is 41.2 Å². The molecule has 2 rings (SSSR count). The highest BCUT2D eigenvalue weighted by molar-refractivity contribution is 7.11. The Bertz CT molecular complexity index is 563. The number of aryl methyl sites for hydroxylation is 1. The van der Waals surface area contributed by atoms with Crippen molar-refractivity contribution in [3.8, 4) is 0 Å². The standard InChI is InChI=1S/C19H33N3O2S/c1-6-8-19(13-20-11-16-12-21-15(2)25-16)9-7-10-22(14-19)17(23)24-18(3,4)5/h12,20H,6-11,13-14H2,1-5H3. The first-order chi connectivity index (χ1) is 11.7. The van der Waals surface area contributed by atoms with Gasteiger partial charge in [0.1, 0.15) is 5.60 Å². The monoisotopic (exact) mass is 367 g/mol. The van der Waals surface area contributed by atoms with E-state index in [0.29, 0.717) is 0 Å². The molecule has 5 nitrogen and oxygen atoms in total. The zero-order chi connectivity index (χ0) is 18.5. The molecule has 1 atom stereocenters. The van der Waals surface area contributed by atoms with Crippen LogP contribution in [0.1, 0.15) is 63.3 Å². The molecule has 1 saturated heterocycles. The molecule has 1 amide bonds. The zero-order valence-electron chi connectivity index (χ0n) is 16.4. The summed E-state index contributed by atoms with van der Waals surface area (Å²) in [6.45, 7) is 13.4. The van der Waals surface area contributed by atoms with E-state index in [2.05, 4.69) is 17.2 Å². The summed E-state index contributed by atoms with van der Waals surface area (Å²) in [5.41, 5.74) is -0.298. The van der Waals surface area contributed by atoms with E-state index in [4.69, 9.17) is 4.74 Å². The second-order valence-corrected chi connectivity index (χ2v) is 9.52. The van der Waals surface area contributed by atoms with E-state index in [1.807, 2.05) is 38.8 Å². The van der Waals surface area contributed by atoms with Gasteiger partial charge in [-0.15, -0.1) is 11.3 Å². The van der Waals surface area contributed by atoms with Crippen molar-refractivity contribution in [3.63, 3.8) is 0 Å². The maximum Gasteiger partial charge on any atom is 0.410 e. The third kappa shape index (κ3) is 6.26. The maximum absolute atomic E-state index is 12.5. The molecule has 2 heterocycles. The van der Waals surface area contributed by atoms with Crippen LogP contribution in [0.25, 0.3) is 0 Å². The molecule has 0 aromatic carbocycles. The topological polar surface area (TPSA) is 54.5 Å². The third-order valence-corrected chi connectivity index (χ3v) is 5.47. The summed E-state index contributed by atoms with van der Waals surface area (Å²) in [5.74, 6) is 0. The average Bonchev–Trinajstić information content (AvgIpc) is 2.91. The SMILES string of the molecule is CCCC1(CNCc2cnc(C)s2)CCCN(C(=O)OC(C)(C)C)C1. The van der Waals surface area contributed by atoms with E-state index in [1.54, 1.807) is 11.3 Å². The number of hydrogen-bond donors (Lipinski definition) is 1. The minimum Gasteiger partial charge on any atom is -0.444 e. The van der Waals surface area contributed by atoms with Gasteiger partial charge < -0.3 is 15.0 Å². The van der Waals surface area contributed by atoms with Crippen LogP contribution in [0.4, 0.5) is 4.79 Å². The van der Waals surface area contributed by atoms with Crippen molar-refractivity contribution >= 4 is 17.4 Å². The van der Waals surface area contributed by atoms with Crippen LogP contribution in [0.3, 0.4) is 0 Å². The number of thiazole rings is 1. The first-order valence-corrected chi connectivity index (χ1v) is 10.1. The minimum absolute atomic E-state index is 0.142. The van der Waals surface area contributed by atoms with Gasteiger partial charge in [-0.1, -0.05) is 13.3 Å². The first kappa shape index (κ1) is 20.2. The fourth-order valence-corrected chi connectivity index (χ4v) is 4.36. The Hall–Kier alpha value is -1.14. The molecule has 6 heteroatoms. The summed E-state index contributed by atoms with van der Waals surface area (Å²) < 4.78 is 5.59. The lowest BCUT2D eigenvalue weighted by Gasteiger charge is -2.43. The molecule has 0 radical (unpaired) electrons. The van der Waals surface area contributed by atoms with Gasteiger partial charge >= 0.3 is 6.09 Å². The molecule has 142 valence electrons. The van der Waals surface area contributed by atoms with E-state index in [0.717, 1.165) is 56.9 Å². The van der Waals surface area contributed by atoms with E-state index in [1.165, 1.54) is 4.88 Å². The molecule has 0 saturated carbocycles. The summed E-state index contributed by atoms with van der Waals surface area (Å²) in [7, 11) is 0. The predicted octanol–water partition coefficient (Wildman–Crippen LogP) is 4.36. The largest absolute Gasteiger partial charge is 0.444 e. The zero-order valence-corrected chi connectivity index (χ0v) is 17.2. The molecule has 25 heavy (non-hydrogen) atoms. The lowest BCUT2D eigenvalue weighted by atomic mass is 9.76. The molecule has 1 unspecified atom stereocenters. The molecule has 1 aromatic rings. The van der Waals surface area contributed by atoms with E-state index in [9.17, 15) is 4.79 Å². The first-order valence-electron chi connectivity index (χ1n) is 9.33. The number of aromatic nitrogens is 1. The van der Waals surface area contributed by atoms with Gasteiger partial charge in [0.25, 0.3) is 0 Å². The quantitative estimate of drug-likeness (QED) is 0.812. The van der Waals surface area contributed by atoms with Crippen molar-refractivity contribution < 1.29 is 9.53 Å². The second kappa shape index (κ2) is 8.49. The van der Waals surface area contributed by atoms with Gasteiger partial charge in [-0.2, -0.15) is 0 Å². The number of piperidine rings is 1.